The van der Waals surface area contributed by atoms with Gasteiger partial charge < -0.3 is 16.0 Å². The standard InChI is InChI=1S/C19H26N4.HI/c1-14-9-15(2)11-18(10-14)22-19(20)21-12-16-7-5-6-8-17(16)13-23(3)4;/h5-11H,12-13H2,1-4H3,(H3,20,21,22);1H. The maximum atomic E-state index is 6.03. The summed E-state index contributed by atoms with van der Waals surface area (Å²) in [4.78, 5) is 6.63. The Balaban J connectivity index is 0.00000288. The van der Waals surface area contributed by atoms with Gasteiger partial charge in [0.05, 0.1) is 6.54 Å². The van der Waals surface area contributed by atoms with Crippen molar-refractivity contribution >= 4 is 35.6 Å². The molecule has 0 fully saturated rings. The number of rotatable bonds is 5. The van der Waals surface area contributed by atoms with Crippen molar-refractivity contribution in [2.45, 2.75) is 26.9 Å². The molecule has 2 rings (SSSR count). The molecule has 0 aromatic heterocycles. The zero-order valence-electron chi connectivity index (χ0n) is 14.8. The minimum Gasteiger partial charge on any atom is -0.370 e. The van der Waals surface area contributed by atoms with Crippen molar-refractivity contribution in [2.24, 2.45) is 10.7 Å². The largest absolute Gasteiger partial charge is 0.370 e. The molecule has 3 N–H and O–H groups in total. The molecule has 0 heterocycles. The lowest BCUT2D eigenvalue weighted by Crippen LogP contribution is -2.23. The van der Waals surface area contributed by atoms with Gasteiger partial charge in [0.1, 0.15) is 0 Å². The summed E-state index contributed by atoms with van der Waals surface area (Å²) in [7, 11) is 4.13. The average molecular weight is 438 g/mol. The minimum atomic E-state index is 0. The van der Waals surface area contributed by atoms with Gasteiger partial charge in [0.15, 0.2) is 5.96 Å². The minimum absolute atomic E-state index is 0. The van der Waals surface area contributed by atoms with Gasteiger partial charge in [-0.3, -0.25) is 0 Å². The molecule has 130 valence electrons. The van der Waals surface area contributed by atoms with Gasteiger partial charge in [-0.2, -0.15) is 0 Å². The van der Waals surface area contributed by atoms with E-state index in [9.17, 15) is 0 Å². The second-order valence-corrected chi connectivity index (χ2v) is 6.21. The fourth-order valence-corrected chi connectivity index (χ4v) is 2.61. The van der Waals surface area contributed by atoms with E-state index in [0.29, 0.717) is 12.5 Å². The van der Waals surface area contributed by atoms with E-state index in [1.165, 1.54) is 22.3 Å². The van der Waals surface area contributed by atoms with Crippen LogP contribution in [0.25, 0.3) is 0 Å². The first kappa shape index (κ1) is 20.4. The van der Waals surface area contributed by atoms with Crippen LogP contribution in [0.1, 0.15) is 22.3 Å². The maximum absolute atomic E-state index is 6.03. The van der Waals surface area contributed by atoms with E-state index in [0.717, 1.165) is 12.2 Å². The summed E-state index contributed by atoms with van der Waals surface area (Å²) in [6.45, 7) is 5.62. The smallest absolute Gasteiger partial charge is 0.193 e. The second kappa shape index (κ2) is 9.64. The molecule has 0 aliphatic heterocycles. The third-order valence-electron chi connectivity index (χ3n) is 3.52. The van der Waals surface area contributed by atoms with Crippen molar-refractivity contribution in [1.82, 2.24) is 4.90 Å². The first-order valence-corrected chi connectivity index (χ1v) is 7.81. The summed E-state index contributed by atoms with van der Waals surface area (Å²) in [5, 5.41) is 3.17. The lowest BCUT2D eigenvalue weighted by molar-refractivity contribution is 0.401. The van der Waals surface area contributed by atoms with Crippen LogP contribution in [0.2, 0.25) is 0 Å². The van der Waals surface area contributed by atoms with E-state index in [2.05, 4.69) is 79.6 Å². The summed E-state index contributed by atoms with van der Waals surface area (Å²) in [6, 6.07) is 14.6. The van der Waals surface area contributed by atoms with E-state index in [1.807, 2.05) is 6.07 Å². The molecule has 2 aromatic rings. The third-order valence-corrected chi connectivity index (χ3v) is 3.52. The van der Waals surface area contributed by atoms with Gasteiger partial charge in [-0.05, 0) is 62.3 Å². The van der Waals surface area contributed by atoms with Crippen molar-refractivity contribution in [3.8, 4) is 0 Å². The van der Waals surface area contributed by atoms with Gasteiger partial charge in [-0.25, -0.2) is 4.99 Å². The fourth-order valence-electron chi connectivity index (χ4n) is 2.61. The Bertz CT molecular complexity index is 675. The van der Waals surface area contributed by atoms with Crippen LogP contribution in [-0.4, -0.2) is 25.0 Å². The number of hydrogen-bond acceptors (Lipinski definition) is 2. The maximum Gasteiger partial charge on any atom is 0.193 e. The van der Waals surface area contributed by atoms with Crippen molar-refractivity contribution in [3.05, 3.63) is 64.7 Å². The highest BCUT2D eigenvalue weighted by Gasteiger charge is 2.03. The quantitative estimate of drug-likeness (QED) is 0.423. The van der Waals surface area contributed by atoms with E-state index in [-0.39, 0.29) is 24.0 Å². The summed E-state index contributed by atoms with van der Waals surface area (Å²) in [6.07, 6.45) is 0. The van der Waals surface area contributed by atoms with Crippen LogP contribution in [0.3, 0.4) is 0 Å². The van der Waals surface area contributed by atoms with Gasteiger partial charge in [-0.15, -0.1) is 24.0 Å². The number of aliphatic imine (C=N–C) groups is 1. The van der Waals surface area contributed by atoms with Crippen molar-refractivity contribution in [2.75, 3.05) is 19.4 Å². The number of nitrogens with zero attached hydrogens (tertiary/aromatic N) is 2. The van der Waals surface area contributed by atoms with Crippen molar-refractivity contribution in [1.29, 1.82) is 0 Å². The lowest BCUT2D eigenvalue weighted by atomic mass is 10.1. The van der Waals surface area contributed by atoms with Crippen LogP contribution in [0.15, 0.2) is 47.5 Å². The first-order valence-electron chi connectivity index (χ1n) is 7.81. The molecule has 5 heteroatoms. The monoisotopic (exact) mass is 438 g/mol. The molecule has 0 amide bonds. The third kappa shape index (κ3) is 6.49. The van der Waals surface area contributed by atoms with E-state index in [1.54, 1.807) is 0 Å². The van der Waals surface area contributed by atoms with Crippen LogP contribution >= 0.6 is 24.0 Å². The Hall–Kier alpha value is -1.60. The summed E-state index contributed by atoms with van der Waals surface area (Å²) in [5.74, 6) is 0.439. The van der Waals surface area contributed by atoms with Crippen LogP contribution in [-0.2, 0) is 13.1 Å². The first-order chi connectivity index (χ1) is 10.9. The molecular weight excluding hydrogens is 411 g/mol. The number of hydrogen-bond donors (Lipinski definition) is 2. The van der Waals surface area contributed by atoms with Crippen LogP contribution < -0.4 is 11.1 Å². The molecule has 24 heavy (non-hydrogen) atoms. The predicted molar refractivity (Wildman–Crippen MR) is 114 cm³/mol. The molecule has 2 aromatic carbocycles. The molecule has 4 nitrogen and oxygen atoms in total. The van der Waals surface area contributed by atoms with Gasteiger partial charge in [0.2, 0.25) is 0 Å². The Morgan fingerprint density at radius 3 is 2.21 bits per heavy atom. The molecule has 0 atom stereocenters. The molecule has 0 aliphatic carbocycles. The van der Waals surface area contributed by atoms with Gasteiger partial charge in [0.25, 0.3) is 0 Å². The van der Waals surface area contributed by atoms with E-state index < -0.39 is 0 Å². The molecule has 0 aliphatic rings. The van der Waals surface area contributed by atoms with Gasteiger partial charge in [0, 0.05) is 12.2 Å². The second-order valence-electron chi connectivity index (χ2n) is 6.21. The molecule has 0 saturated carbocycles. The summed E-state index contributed by atoms with van der Waals surface area (Å²) in [5.41, 5.74) is 11.9. The van der Waals surface area contributed by atoms with Crippen molar-refractivity contribution in [3.63, 3.8) is 0 Å². The highest BCUT2D eigenvalue weighted by atomic mass is 127. The average Bonchev–Trinajstić information content (AvgIpc) is 2.44. The fraction of sp³-hybridized carbons (Fsp3) is 0.316. The lowest BCUT2D eigenvalue weighted by Gasteiger charge is -2.13. The van der Waals surface area contributed by atoms with Crippen LogP contribution in [0.5, 0.6) is 0 Å². The van der Waals surface area contributed by atoms with E-state index >= 15 is 0 Å². The molecule has 0 bridgehead atoms. The topological polar surface area (TPSA) is 53.6 Å². The molecular formula is C19H27IN4. The Labute approximate surface area is 162 Å². The summed E-state index contributed by atoms with van der Waals surface area (Å²) < 4.78 is 0. The van der Waals surface area contributed by atoms with Crippen molar-refractivity contribution < 1.29 is 0 Å². The highest BCUT2D eigenvalue weighted by molar-refractivity contribution is 14.0. The van der Waals surface area contributed by atoms with Gasteiger partial charge >= 0.3 is 0 Å². The Morgan fingerprint density at radius 2 is 1.62 bits per heavy atom. The predicted octanol–water partition coefficient (Wildman–Crippen LogP) is 3.91. The number of nitrogens with two attached hydrogens (primary N) is 1. The number of guanidine groups is 1. The van der Waals surface area contributed by atoms with Crippen LogP contribution in [0.4, 0.5) is 5.69 Å². The van der Waals surface area contributed by atoms with Crippen LogP contribution in [0, 0.1) is 13.8 Å². The SMILES string of the molecule is Cc1cc(C)cc(NC(N)=NCc2ccccc2CN(C)C)c1.I. The molecule has 0 unspecified atom stereocenters. The number of benzene rings is 2. The summed E-state index contributed by atoms with van der Waals surface area (Å²) >= 11 is 0. The normalized spacial score (nSPS) is 11.3. The molecule has 0 spiro atoms. The van der Waals surface area contributed by atoms with Gasteiger partial charge in [-0.1, -0.05) is 30.3 Å². The molecule has 0 radical (unpaired) electrons. The molecule has 0 saturated heterocycles. The Kier molecular flexibility index (Phi) is 8.21. The zero-order chi connectivity index (χ0) is 16.8. The Morgan fingerprint density at radius 1 is 1.04 bits per heavy atom. The van der Waals surface area contributed by atoms with E-state index in [4.69, 9.17) is 5.73 Å². The number of anilines is 1. The number of halogens is 1. The zero-order valence-corrected chi connectivity index (χ0v) is 17.2. The highest BCUT2D eigenvalue weighted by Crippen LogP contribution is 2.14. The number of nitrogens with one attached hydrogen (secondary N) is 1. The number of aryl methyl sites for hydroxylation is 2.